The monoisotopic (exact) mass is 620 g/mol. The highest BCUT2D eigenvalue weighted by Gasteiger charge is 2.73. The summed E-state index contributed by atoms with van der Waals surface area (Å²) in [6.07, 6.45) is 3.69. The number of aliphatic hydroxyl groups excluding tert-OH is 1. The first kappa shape index (κ1) is 27.7. The maximum absolute atomic E-state index is 13.4. The van der Waals surface area contributed by atoms with Crippen molar-refractivity contribution in [1.82, 2.24) is 4.90 Å². The molecule has 5 aliphatic rings. The Kier molecular flexibility index (Phi) is 6.52. The summed E-state index contributed by atoms with van der Waals surface area (Å²) in [7, 11) is 0. The van der Waals surface area contributed by atoms with Crippen molar-refractivity contribution in [2.24, 2.45) is 5.92 Å². The van der Waals surface area contributed by atoms with Gasteiger partial charge in [-0.25, -0.2) is 0 Å². The second kappa shape index (κ2) is 10.1. The molecule has 2 bridgehead atoms. The van der Waals surface area contributed by atoms with Gasteiger partial charge in [0.25, 0.3) is 0 Å². The number of hydrogen-bond donors (Lipinski definition) is 3. The van der Waals surface area contributed by atoms with Crippen LogP contribution in [0.5, 0.6) is 11.5 Å². The molecule has 3 fully saturated rings. The van der Waals surface area contributed by atoms with E-state index in [9.17, 15) is 15.0 Å². The first-order valence-electron chi connectivity index (χ1n) is 15.3. The SMILES string of the molecule is O=C(Cc1ccccc1Nc1c(Cl)cccc1Cl)Oc1ccc2c3c1OC1C(O)CC[C@@]4(O)[C@@H](C2)N(CC2CC2)CC[C@]314. The van der Waals surface area contributed by atoms with Gasteiger partial charge in [0.2, 0.25) is 0 Å². The van der Waals surface area contributed by atoms with Crippen LogP contribution < -0.4 is 14.8 Å². The minimum atomic E-state index is -1.00. The molecule has 224 valence electrons. The Hall–Kier alpha value is -2.81. The lowest BCUT2D eigenvalue weighted by molar-refractivity contribution is -0.208. The van der Waals surface area contributed by atoms with Crippen molar-refractivity contribution in [1.29, 1.82) is 0 Å². The lowest BCUT2D eigenvalue weighted by Crippen LogP contribution is -2.77. The zero-order chi connectivity index (χ0) is 29.5. The fourth-order valence-corrected chi connectivity index (χ4v) is 8.88. The minimum absolute atomic E-state index is 0.00110. The summed E-state index contributed by atoms with van der Waals surface area (Å²) in [4.78, 5) is 15.9. The Balaban J connectivity index is 1.10. The van der Waals surface area contributed by atoms with E-state index in [1.807, 2.05) is 36.4 Å². The molecule has 8 rings (SSSR count). The molecule has 2 heterocycles. The summed E-state index contributed by atoms with van der Waals surface area (Å²) in [6.45, 7) is 1.88. The lowest BCUT2D eigenvalue weighted by atomic mass is 9.48. The highest BCUT2D eigenvalue weighted by molar-refractivity contribution is 6.39. The number of esters is 1. The highest BCUT2D eigenvalue weighted by Crippen LogP contribution is 2.65. The number of carbonyl (C=O) groups is 1. The number of nitrogens with one attached hydrogen (secondary N) is 1. The molecule has 2 aliphatic heterocycles. The average Bonchev–Trinajstić information content (AvgIpc) is 3.73. The van der Waals surface area contributed by atoms with Gasteiger partial charge in [-0.2, -0.15) is 0 Å². The van der Waals surface area contributed by atoms with Crippen molar-refractivity contribution in [3.8, 4) is 11.5 Å². The molecule has 3 aromatic rings. The van der Waals surface area contributed by atoms with Gasteiger partial charge in [0.05, 0.1) is 39.3 Å². The van der Waals surface area contributed by atoms with Crippen LogP contribution in [0.3, 0.4) is 0 Å². The minimum Gasteiger partial charge on any atom is -0.482 e. The van der Waals surface area contributed by atoms with Crippen LogP contribution in [0.15, 0.2) is 54.6 Å². The molecule has 43 heavy (non-hydrogen) atoms. The highest BCUT2D eigenvalue weighted by atomic mass is 35.5. The number of benzene rings is 3. The van der Waals surface area contributed by atoms with E-state index >= 15 is 0 Å². The zero-order valence-electron chi connectivity index (χ0n) is 23.7. The zero-order valence-corrected chi connectivity index (χ0v) is 25.2. The van der Waals surface area contributed by atoms with Crippen LogP contribution in [0.4, 0.5) is 11.4 Å². The topological polar surface area (TPSA) is 91.3 Å². The molecule has 1 spiro atoms. The van der Waals surface area contributed by atoms with Crippen molar-refractivity contribution < 1.29 is 24.5 Å². The number of aliphatic hydroxyl groups is 2. The molecule has 3 aliphatic carbocycles. The maximum atomic E-state index is 13.4. The Morgan fingerprint density at radius 3 is 2.63 bits per heavy atom. The van der Waals surface area contributed by atoms with Gasteiger partial charge in [-0.3, -0.25) is 9.69 Å². The normalized spacial score (nSPS) is 30.4. The van der Waals surface area contributed by atoms with Crippen LogP contribution >= 0.6 is 23.2 Å². The van der Waals surface area contributed by atoms with Gasteiger partial charge in [0, 0.05) is 23.8 Å². The van der Waals surface area contributed by atoms with Crippen LogP contribution in [0, 0.1) is 5.92 Å². The molecule has 7 nitrogen and oxygen atoms in total. The van der Waals surface area contributed by atoms with Gasteiger partial charge in [-0.05, 0) is 86.4 Å². The fraction of sp³-hybridized carbons (Fsp3) is 0.441. The van der Waals surface area contributed by atoms with Gasteiger partial charge in [-0.15, -0.1) is 0 Å². The third kappa shape index (κ3) is 4.23. The smallest absolute Gasteiger partial charge is 0.315 e. The molecule has 0 amide bonds. The molecular formula is C34H34Cl2N2O5. The summed E-state index contributed by atoms with van der Waals surface area (Å²) in [5.74, 6) is 1.11. The first-order valence-corrected chi connectivity index (χ1v) is 16.0. The fourth-order valence-electron chi connectivity index (χ4n) is 8.39. The van der Waals surface area contributed by atoms with Crippen LogP contribution in [0.2, 0.25) is 10.0 Å². The molecule has 9 heteroatoms. The van der Waals surface area contributed by atoms with E-state index in [0.717, 1.165) is 42.1 Å². The number of likely N-dealkylation sites (tertiary alicyclic amines) is 1. The van der Waals surface area contributed by atoms with Crippen LogP contribution in [-0.2, 0) is 23.1 Å². The van der Waals surface area contributed by atoms with Crippen LogP contribution in [0.1, 0.15) is 48.8 Å². The number of carbonyl (C=O) groups excluding carboxylic acids is 1. The third-order valence-corrected chi connectivity index (χ3v) is 11.1. The van der Waals surface area contributed by atoms with E-state index in [2.05, 4.69) is 10.2 Å². The molecule has 0 aromatic heterocycles. The quantitative estimate of drug-likeness (QED) is 0.227. The van der Waals surface area contributed by atoms with Gasteiger partial charge >= 0.3 is 5.97 Å². The molecule has 3 N–H and O–H groups in total. The predicted octanol–water partition coefficient (Wildman–Crippen LogP) is 5.81. The van der Waals surface area contributed by atoms with E-state index < -0.39 is 29.2 Å². The molecule has 2 saturated carbocycles. The van der Waals surface area contributed by atoms with Gasteiger partial charge < -0.3 is 25.0 Å². The van der Waals surface area contributed by atoms with Crippen molar-refractivity contribution in [3.63, 3.8) is 0 Å². The van der Waals surface area contributed by atoms with Crippen LogP contribution in [0.25, 0.3) is 0 Å². The second-order valence-electron chi connectivity index (χ2n) is 12.9. The maximum Gasteiger partial charge on any atom is 0.315 e. The number of hydrogen-bond acceptors (Lipinski definition) is 7. The van der Waals surface area contributed by atoms with Gasteiger partial charge in [-0.1, -0.05) is 53.5 Å². The number of rotatable bonds is 7. The predicted molar refractivity (Wildman–Crippen MR) is 165 cm³/mol. The number of nitrogens with zero attached hydrogens (tertiary/aromatic N) is 1. The number of anilines is 2. The third-order valence-electron chi connectivity index (χ3n) is 10.5. The summed E-state index contributed by atoms with van der Waals surface area (Å²) in [6, 6.07) is 16.6. The molecule has 3 aromatic carbocycles. The Morgan fingerprint density at radius 2 is 1.84 bits per heavy atom. The molecule has 0 radical (unpaired) electrons. The van der Waals surface area contributed by atoms with Crippen molar-refractivity contribution in [2.45, 2.75) is 74.2 Å². The largest absolute Gasteiger partial charge is 0.482 e. The average molecular weight is 622 g/mol. The van der Waals surface area contributed by atoms with E-state index in [-0.39, 0.29) is 12.5 Å². The molecule has 5 atom stereocenters. The van der Waals surface area contributed by atoms with Gasteiger partial charge in [0.15, 0.2) is 11.5 Å². The standard InChI is InChI=1S/C34H34Cl2N2O5/c35-22-5-3-6-23(36)30(22)37-24-7-2-1-4-20(24)17-28(40)42-26-11-10-21-16-27-34(41)13-12-25(39)32-33(34,29(21)31(26)43-32)14-15-38(27)18-19-8-9-19/h1-7,10-11,19,25,27,32,37,39,41H,8-9,12-18H2/t25?,27-,32?,33+,34-/m1/s1. The number of halogens is 2. The van der Waals surface area contributed by atoms with E-state index in [1.54, 1.807) is 18.2 Å². The second-order valence-corrected chi connectivity index (χ2v) is 13.7. The van der Waals surface area contributed by atoms with E-state index in [4.69, 9.17) is 32.7 Å². The number of piperidine rings is 1. The lowest BCUT2D eigenvalue weighted by Gasteiger charge is -2.63. The Labute approximate surface area is 260 Å². The summed E-state index contributed by atoms with van der Waals surface area (Å²) < 4.78 is 12.5. The molecular weight excluding hydrogens is 587 g/mol. The summed E-state index contributed by atoms with van der Waals surface area (Å²) >= 11 is 12.8. The molecule has 1 saturated heterocycles. The van der Waals surface area contributed by atoms with E-state index in [0.29, 0.717) is 52.2 Å². The first-order chi connectivity index (χ1) is 20.8. The number of para-hydroxylation sites is 2. The summed E-state index contributed by atoms with van der Waals surface area (Å²) in [5.41, 5.74) is 2.32. The molecule has 2 unspecified atom stereocenters. The van der Waals surface area contributed by atoms with E-state index in [1.165, 1.54) is 12.8 Å². The Bertz CT molecular complexity index is 1610. The van der Waals surface area contributed by atoms with Crippen molar-refractivity contribution in [2.75, 3.05) is 18.4 Å². The number of ether oxygens (including phenoxy) is 2. The van der Waals surface area contributed by atoms with Gasteiger partial charge in [0.1, 0.15) is 6.10 Å². The Morgan fingerprint density at radius 1 is 1.05 bits per heavy atom. The summed E-state index contributed by atoms with van der Waals surface area (Å²) in [5, 5.41) is 27.9. The van der Waals surface area contributed by atoms with Crippen LogP contribution in [-0.4, -0.2) is 58.0 Å². The van der Waals surface area contributed by atoms with Crippen molar-refractivity contribution >= 4 is 40.5 Å². The van der Waals surface area contributed by atoms with Crippen molar-refractivity contribution in [3.05, 3.63) is 81.3 Å².